The van der Waals surface area contributed by atoms with Crippen molar-refractivity contribution in [3.05, 3.63) is 265 Å². The van der Waals surface area contributed by atoms with E-state index in [1.807, 2.05) is 6.07 Å². The van der Waals surface area contributed by atoms with Gasteiger partial charge < -0.3 is 9.80 Å². The van der Waals surface area contributed by atoms with Gasteiger partial charge in [-0.3, -0.25) is 0 Å². The lowest BCUT2D eigenvalue weighted by Gasteiger charge is -2.32. The highest BCUT2D eigenvalue weighted by Crippen LogP contribution is 2.64. The first-order valence-corrected chi connectivity index (χ1v) is 21.7. The predicted octanol–water partition coefficient (Wildman–Crippen LogP) is 16.0. The molecule has 0 fully saturated rings. The van der Waals surface area contributed by atoms with E-state index in [4.69, 9.17) is 0 Å². The van der Waals surface area contributed by atoms with E-state index < -0.39 is 5.41 Å². The number of benzene rings is 10. The van der Waals surface area contributed by atoms with Gasteiger partial charge in [0.15, 0.2) is 0 Å². The lowest BCUT2D eigenvalue weighted by Crippen LogP contribution is -2.26. The topological polar surface area (TPSA) is 6.48 Å². The molecule has 0 aliphatic heterocycles. The smallest absolute Gasteiger partial charge is 0.0726 e. The van der Waals surface area contributed by atoms with E-state index >= 15 is 0 Å². The average molecular weight is 799 g/mol. The standard InChI is InChI=1S/C61H38N2/c1-3-19-47(20-4-1)62(49-30-27-41-15-7-9-17-43(41)35-49)51-32-29-45-38-56-55-34-33-52(63(48-21-5-2-6-22-48)50-31-28-42-16-8-10-18-44(42)36-50)40-60(55)61(59(56)39-46(45)37-51)57-25-13-11-23-53(57)54-24-12-14-26-58(54)61/h1-8,10-16,18-40H. The van der Waals surface area contributed by atoms with Gasteiger partial charge in [-0.25, -0.2) is 0 Å². The summed E-state index contributed by atoms with van der Waals surface area (Å²) in [5.74, 6) is 0. The minimum Gasteiger partial charge on any atom is -0.310 e. The van der Waals surface area contributed by atoms with Gasteiger partial charge in [0.05, 0.1) is 5.41 Å². The third-order valence-corrected chi connectivity index (χ3v) is 13.4. The molecule has 0 bridgehead atoms. The Hall–Kier alpha value is -8.38. The number of hydrogen-bond donors (Lipinski definition) is 0. The zero-order valence-electron chi connectivity index (χ0n) is 34.3. The molecule has 0 N–H and O–H groups in total. The summed E-state index contributed by atoms with van der Waals surface area (Å²) in [6, 6.07) is 91.3. The Morgan fingerprint density at radius 1 is 0.286 bits per heavy atom. The zero-order chi connectivity index (χ0) is 41.5. The Morgan fingerprint density at radius 2 is 0.778 bits per heavy atom. The van der Waals surface area contributed by atoms with E-state index in [1.165, 1.54) is 66.1 Å². The molecule has 1 spiro atoms. The molecule has 13 rings (SSSR count). The molecule has 0 amide bonds. The summed E-state index contributed by atoms with van der Waals surface area (Å²) in [4.78, 5) is 4.77. The van der Waals surface area contributed by atoms with E-state index in [1.54, 1.807) is 0 Å². The van der Waals surface area contributed by atoms with Crippen LogP contribution in [0.3, 0.4) is 0 Å². The van der Waals surface area contributed by atoms with Gasteiger partial charge in [0, 0.05) is 39.5 Å². The van der Waals surface area contributed by atoms with Crippen LogP contribution in [0.5, 0.6) is 0 Å². The molecule has 2 nitrogen and oxygen atoms in total. The van der Waals surface area contributed by atoms with Crippen LogP contribution in [0.2, 0.25) is 0 Å². The molecule has 0 heterocycles. The van der Waals surface area contributed by atoms with Crippen LogP contribution < -0.4 is 9.80 Å². The molecule has 2 heteroatoms. The summed E-state index contributed by atoms with van der Waals surface area (Å²) in [5.41, 5.74) is 16.5. The quantitative estimate of drug-likeness (QED) is 0.165. The van der Waals surface area contributed by atoms with E-state index in [-0.39, 0.29) is 0 Å². The number of anilines is 6. The van der Waals surface area contributed by atoms with Crippen molar-refractivity contribution in [3.63, 3.8) is 0 Å². The van der Waals surface area contributed by atoms with Gasteiger partial charge >= 0.3 is 0 Å². The summed E-state index contributed by atoms with van der Waals surface area (Å²) in [7, 11) is 0. The van der Waals surface area contributed by atoms with Crippen molar-refractivity contribution in [2.24, 2.45) is 0 Å². The van der Waals surface area contributed by atoms with Gasteiger partial charge in [-0.05, 0) is 169 Å². The molecule has 0 unspecified atom stereocenters. The lowest BCUT2D eigenvalue weighted by atomic mass is 9.70. The molecule has 0 saturated carbocycles. The predicted molar refractivity (Wildman–Crippen MR) is 262 cm³/mol. The van der Waals surface area contributed by atoms with Crippen molar-refractivity contribution in [3.8, 4) is 22.3 Å². The van der Waals surface area contributed by atoms with Crippen LogP contribution in [-0.2, 0) is 5.41 Å². The Morgan fingerprint density at radius 3 is 1.48 bits per heavy atom. The molecule has 11 aromatic carbocycles. The first-order valence-electron chi connectivity index (χ1n) is 21.7. The molecule has 11 aromatic rings. The second kappa shape index (κ2) is 13.8. The minimum atomic E-state index is -0.534. The Labute approximate surface area is 367 Å². The Bertz CT molecular complexity index is 3540. The fraction of sp³-hybridized carbons (Fsp3) is 0.0164. The van der Waals surface area contributed by atoms with Crippen LogP contribution in [-0.4, -0.2) is 0 Å². The van der Waals surface area contributed by atoms with Crippen molar-refractivity contribution in [2.75, 3.05) is 9.80 Å². The van der Waals surface area contributed by atoms with Crippen molar-refractivity contribution in [2.45, 2.75) is 5.41 Å². The number of fused-ring (bicyclic) bond motifs is 13. The van der Waals surface area contributed by atoms with Gasteiger partial charge in [-0.2, -0.15) is 0 Å². The molecule has 0 aromatic heterocycles. The highest BCUT2D eigenvalue weighted by atomic mass is 15.1. The van der Waals surface area contributed by atoms with Gasteiger partial charge in [0.2, 0.25) is 0 Å². The number of para-hydroxylation sites is 2. The van der Waals surface area contributed by atoms with Crippen molar-refractivity contribution < 1.29 is 0 Å². The van der Waals surface area contributed by atoms with Gasteiger partial charge in [-0.15, -0.1) is 0 Å². The van der Waals surface area contributed by atoms with E-state index in [9.17, 15) is 0 Å². The number of nitrogens with zero attached hydrogens (tertiary/aromatic N) is 2. The van der Waals surface area contributed by atoms with Crippen LogP contribution in [0.25, 0.3) is 54.6 Å². The third kappa shape index (κ3) is 5.34. The van der Waals surface area contributed by atoms with Gasteiger partial charge in [0.1, 0.15) is 0 Å². The van der Waals surface area contributed by atoms with Crippen LogP contribution in [0.1, 0.15) is 22.3 Å². The van der Waals surface area contributed by atoms with Crippen LogP contribution in [0.15, 0.2) is 231 Å². The average Bonchev–Trinajstić information content (AvgIpc) is 3.80. The van der Waals surface area contributed by atoms with E-state index in [0.29, 0.717) is 0 Å². The Kier molecular flexibility index (Phi) is 7.77. The van der Waals surface area contributed by atoms with Gasteiger partial charge in [-0.1, -0.05) is 146 Å². The summed E-state index contributed by atoms with van der Waals surface area (Å²) < 4.78 is 0. The first-order chi connectivity index (χ1) is 31.2. The van der Waals surface area contributed by atoms with Crippen molar-refractivity contribution >= 4 is 66.4 Å². The molecular weight excluding hydrogens is 761 g/mol. The fourth-order valence-electron chi connectivity index (χ4n) is 10.7. The summed E-state index contributed by atoms with van der Waals surface area (Å²) in [6.45, 7) is 0. The SMILES string of the molecule is c1ccc2ccc(N(c3ccccc3)c3ccc4cc5c(cc4c3)C3(c4ccccc4-c4ccccc43)c3cc(N(c4ccccc4)c4ccc6ccccc6c4)ccc3-5)cc2c#1. The fourth-order valence-corrected chi connectivity index (χ4v) is 10.7. The van der Waals surface area contributed by atoms with Crippen molar-refractivity contribution in [1.82, 2.24) is 0 Å². The van der Waals surface area contributed by atoms with Crippen LogP contribution in [0.4, 0.5) is 34.1 Å². The molecule has 0 atom stereocenters. The monoisotopic (exact) mass is 798 g/mol. The largest absolute Gasteiger partial charge is 0.310 e. The van der Waals surface area contributed by atoms with E-state index in [2.05, 4.69) is 246 Å². The third-order valence-electron chi connectivity index (χ3n) is 13.4. The maximum Gasteiger partial charge on any atom is 0.0726 e. The molecular formula is C61H38N2. The molecule has 0 radical (unpaired) electrons. The Balaban J connectivity index is 1.05. The normalized spacial score (nSPS) is 12.8. The first kappa shape index (κ1) is 35.4. The van der Waals surface area contributed by atoms with Crippen LogP contribution in [0, 0.1) is 12.1 Å². The molecule has 0 saturated heterocycles. The zero-order valence-corrected chi connectivity index (χ0v) is 34.3. The van der Waals surface area contributed by atoms with E-state index in [0.717, 1.165) is 44.9 Å². The van der Waals surface area contributed by atoms with Crippen LogP contribution >= 0.6 is 0 Å². The van der Waals surface area contributed by atoms with Crippen molar-refractivity contribution in [1.29, 1.82) is 0 Å². The highest BCUT2D eigenvalue weighted by Gasteiger charge is 2.52. The summed E-state index contributed by atoms with van der Waals surface area (Å²) in [5, 5.41) is 7.04. The maximum atomic E-state index is 3.34. The summed E-state index contributed by atoms with van der Waals surface area (Å²) in [6.07, 6.45) is 0. The molecule has 2 aliphatic carbocycles. The highest BCUT2D eigenvalue weighted by molar-refractivity contribution is 6.02. The molecule has 2 aliphatic rings. The maximum absolute atomic E-state index is 3.34. The second-order valence-electron chi connectivity index (χ2n) is 16.7. The molecule has 292 valence electrons. The number of hydrogen-bond acceptors (Lipinski definition) is 2. The second-order valence-corrected chi connectivity index (χ2v) is 16.7. The number of rotatable bonds is 6. The summed E-state index contributed by atoms with van der Waals surface area (Å²) >= 11 is 0. The van der Waals surface area contributed by atoms with Gasteiger partial charge in [0.25, 0.3) is 0 Å². The molecule has 63 heavy (non-hydrogen) atoms. The minimum absolute atomic E-state index is 0.534. The lowest BCUT2D eigenvalue weighted by molar-refractivity contribution is 0.795.